The molecule has 80 valence electrons. The van der Waals surface area contributed by atoms with E-state index in [9.17, 15) is 0 Å². The molecule has 0 heteroatoms. The van der Waals surface area contributed by atoms with E-state index >= 15 is 0 Å². The van der Waals surface area contributed by atoms with Crippen LogP contribution in [-0.2, 0) is 0 Å². The monoisotopic (exact) mass is 208 g/mol. The van der Waals surface area contributed by atoms with Crippen LogP contribution in [0.2, 0.25) is 0 Å². The van der Waals surface area contributed by atoms with Gasteiger partial charge in [0.05, 0.1) is 0 Å². The van der Waals surface area contributed by atoms with Crippen LogP contribution in [0.25, 0.3) is 17.2 Å². The standard InChI is InChI=1S/C16H16/c1-4-14-9-12(2)10-15(11-14)16-8-6-5-7-13(16)3/h4-11H,1H2,2-3H3. The first-order valence-corrected chi connectivity index (χ1v) is 5.51. The van der Waals surface area contributed by atoms with Crippen LogP contribution in [0.15, 0.2) is 49.0 Å². The van der Waals surface area contributed by atoms with Crippen LogP contribution in [0.4, 0.5) is 0 Å². The smallest absolute Gasteiger partial charge is 0.0154 e. The highest BCUT2D eigenvalue weighted by Gasteiger charge is 2.02. The van der Waals surface area contributed by atoms with Crippen molar-refractivity contribution in [1.29, 1.82) is 0 Å². The van der Waals surface area contributed by atoms with Gasteiger partial charge in [-0.1, -0.05) is 49.1 Å². The Morgan fingerprint density at radius 1 is 1.00 bits per heavy atom. The van der Waals surface area contributed by atoms with Gasteiger partial charge < -0.3 is 0 Å². The number of benzene rings is 2. The van der Waals surface area contributed by atoms with Crippen molar-refractivity contribution in [3.05, 3.63) is 65.7 Å². The van der Waals surface area contributed by atoms with Gasteiger partial charge in [-0.05, 0) is 47.7 Å². The molecule has 2 aromatic rings. The predicted octanol–water partition coefficient (Wildman–Crippen LogP) is 4.61. The van der Waals surface area contributed by atoms with Gasteiger partial charge in [-0.2, -0.15) is 0 Å². The molecular formula is C16H16. The zero-order chi connectivity index (χ0) is 11.5. The lowest BCUT2D eigenvalue weighted by Gasteiger charge is -2.08. The maximum absolute atomic E-state index is 3.83. The van der Waals surface area contributed by atoms with Crippen molar-refractivity contribution in [2.75, 3.05) is 0 Å². The van der Waals surface area contributed by atoms with E-state index in [2.05, 4.69) is 62.9 Å². The topological polar surface area (TPSA) is 0 Å². The minimum atomic E-state index is 1.18. The Kier molecular flexibility index (Phi) is 2.91. The molecule has 0 unspecified atom stereocenters. The molecule has 0 saturated heterocycles. The fourth-order valence-corrected chi connectivity index (χ4v) is 1.98. The van der Waals surface area contributed by atoms with Crippen LogP contribution in [0.3, 0.4) is 0 Å². The van der Waals surface area contributed by atoms with E-state index in [-0.39, 0.29) is 0 Å². The summed E-state index contributed by atoms with van der Waals surface area (Å²) >= 11 is 0. The first-order chi connectivity index (χ1) is 7.70. The van der Waals surface area contributed by atoms with Gasteiger partial charge in [0.2, 0.25) is 0 Å². The van der Waals surface area contributed by atoms with Gasteiger partial charge in [-0.3, -0.25) is 0 Å². The molecule has 0 nitrogen and oxygen atoms in total. The Balaban J connectivity index is 2.60. The molecule has 0 amide bonds. The maximum atomic E-state index is 3.83. The van der Waals surface area contributed by atoms with Gasteiger partial charge in [0.15, 0.2) is 0 Å². The Morgan fingerprint density at radius 2 is 1.75 bits per heavy atom. The number of aryl methyl sites for hydroxylation is 2. The van der Waals surface area contributed by atoms with E-state index in [0.29, 0.717) is 0 Å². The van der Waals surface area contributed by atoms with E-state index in [4.69, 9.17) is 0 Å². The lowest BCUT2D eigenvalue weighted by molar-refractivity contribution is 1.42. The summed E-state index contributed by atoms with van der Waals surface area (Å²) in [5.41, 5.74) is 6.33. The second kappa shape index (κ2) is 4.36. The molecule has 16 heavy (non-hydrogen) atoms. The number of rotatable bonds is 2. The van der Waals surface area contributed by atoms with E-state index in [1.54, 1.807) is 0 Å². The highest BCUT2D eigenvalue weighted by atomic mass is 14.1. The quantitative estimate of drug-likeness (QED) is 0.676. The van der Waals surface area contributed by atoms with Crippen molar-refractivity contribution in [2.24, 2.45) is 0 Å². The van der Waals surface area contributed by atoms with Crippen molar-refractivity contribution in [3.63, 3.8) is 0 Å². The minimum absolute atomic E-state index is 1.18. The van der Waals surface area contributed by atoms with Crippen LogP contribution < -0.4 is 0 Å². The molecule has 0 heterocycles. The number of hydrogen-bond donors (Lipinski definition) is 0. The zero-order valence-electron chi connectivity index (χ0n) is 9.83. The Labute approximate surface area is 97.3 Å². The highest BCUT2D eigenvalue weighted by molar-refractivity contribution is 5.70. The Bertz CT molecular complexity index is 521. The van der Waals surface area contributed by atoms with Crippen molar-refractivity contribution in [1.82, 2.24) is 0 Å². The SMILES string of the molecule is C=Cc1cc(C)cc(-c2ccccc2C)c1. The third kappa shape index (κ3) is 2.06. The maximum Gasteiger partial charge on any atom is -0.0154 e. The molecular weight excluding hydrogens is 192 g/mol. The van der Waals surface area contributed by atoms with Gasteiger partial charge in [0.1, 0.15) is 0 Å². The number of hydrogen-bond acceptors (Lipinski definition) is 0. The van der Waals surface area contributed by atoms with Gasteiger partial charge in [-0.25, -0.2) is 0 Å². The second-order valence-electron chi connectivity index (χ2n) is 4.15. The summed E-state index contributed by atoms with van der Waals surface area (Å²) in [7, 11) is 0. The van der Waals surface area contributed by atoms with Crippen LogP contribution in [0.1, 0.15) is 16.7 Å². The molecule has 0 aliphatic carbocycles. The fraction of sp³-hybridized carbons (Fsp3) is 0.125. The lowest BCUT2D eigenvalue weighted by atomic mass is 9.97. The van der Waals surface area contributed by atoms with Crippen LogP contribution in [0.5, 0.6) is 0 Å². The van der Waals surface area contributed by atoms with Crippen molar-refractivity contribution in [3.8, 4) is 11.1 Å². The van der Waals surface area contributed by atoms with Crippen LogP contribution >= 0.6 is 0 Å². The first-order valence-electron chi connectivity index (χ1n) is 5.51. The molecule has 0 saturated carbocycles. The lowest BCUT2D eigenvalue weighted by Crippen LogP contribution is -1.85. The molecule has 0 spiro atoms. The summed E-state index contributed by atoms with van der Waals surface area (Å²) in [6, 6.07) is 15.0. The van der Waals surface area contributed by atoms with Gasteiger partial charge >= 0.3 is 0 Å². The summed E-state index contributed by atoms with van der Waals surface area (Å²) in [5.74, 6) is 0. The average Bonchev–Trinajstić information content (AvgIpc) is 2.28. The fourth-order valence-electron chi connectivity index (χ4n) is 1.98. The van der Waals surface area contributed by atoms with Crippen LogP contribution in [-0.4, -0.2) is 0 Å². The van der Waals surface area contributed by atoms with Crippen molar-refractivity contribution < 1.29 is 0 Å². The molecule has 0 aliphatic heterocycles. The Morgan fingerprint density at radius 3 is 2.44 bits per heavy atom. The van der Waals surface area contributed by atoms with Crippen molar-refractivity contribution >= 4 is 6.08 Å². The van der Waals surface area contributed by atoms with E-state index in [1.165, 1.54) is 27.8 Å². The molecule has 0 radical (unpaired) electrons. The molecule has 0 aliphatic rings. The third-order valence-corrected chi connectivity index (χ3v) is 2.79. The summed E-state index contributed by atoms with van der Waals surface area (Å²) in [6.45, 7) is 8.09. The molecule has 0 atom stereocenters. The van der Waals surface area contributed by atoms with Crippen molar-refractivity contribution in [2.45, 2.75) is 13.8 Å². The van der Waals surface area contributed by atoms with Gasteiger partial charge in [-0.15, -0.1) is 0 Å². The minimum Gasteiger partial charge on any atom is -0.0985 e. The summed E-state index contributed by atoms with van der Waals surface area (Å²) in [4.78, 5) is 0. The van der Waals surface area contributed by atoms with Gasteiger partial charge in [0, 0.05) is 0 Å². The summed E-state index contributed by atoms with van der Waals surface area (Å²) < 4.78 is 0. The largest absolute Gasteiger partial charge is 0.0985 e. The second-order valence-corrected chi connectivity index (χ2v) is 4.15. The predicted molar refractivity (Wildman–Crippen MR) is 71.4 cm³/mol. The van der Waals surface area contributed by atoms with Crippen LogP contribution in [0, 0.1) is 13.8 Å². The zero-order valence-corrected chi connectivity index (χ0v) is 9.83. The third-order valence-electron chi connectivity index (χ3n) is 2.79. The highest BCUT2D eigenvalue weighted by Crippen LogP contribution is 2.25. The van der Waals surface area contributed by atoms with E-state index in [0.717, 1.165) is 0 Å². The molecule has 0 aromatic heterocycles. The average molecular weight is 208 g/mol. The first kappa shape index (κ1) is 10.7. The summed E-state index contributed by atoms with van der Waals surface area (Å²) in [5, 5.41) is 0. The molecule has 2 aromatic carbocycles. The summed E-state index contributed by atoms with van der Waals surface area (Å²) in [6.07, 6.45) is 1.90. The van der Waals surface area contributed by atoms with Gasteiger partial charge in [0.25, 0.3) is 0 Å². The molecule has 0 fully saturated rings. The molecule has 0 bridgehead atoms. The normalized spacial score (nSPS) is 10.1. The molecule has 2 rings (SSSR count). The van der Waals surface area contributed by atoms with E-state index < -0.39 is 0 Å². The molecule has 0 N–H and O–H groups in total. The van der Waals surface area contributed by atoms with E-state index in [1.807, 2.05) is 6.08 Å². The Hall–Kier alpha value is -1.82.